The van der Waals surface area contributed by atoms with Crippen LogP contribution in [0.2, 0.25) is 5.15 Å². The molecule has 0 atom stereocenters. The van der Waals surface area contributed by atoms with Crippen LogP contribution >= 0.6 is 22.9 Å². The minimum atomic E-state index is -2.53. The summed E-state index contributed by atoms with van der Waals surface area (Å²) in [6.07, 6.45) is 1.70. The van der Waals surface area contributed by atoms with Gasteiger partial charge in [-0.3, -0.25) is 25.0 Å². The highest BCUT2D eigenvalue weighted by atomic mass is 35.5. The number of aryl methyl sites for hydroxylation is 1. The maximum atomic E-state index is 13.3. The molecule has 8 nitrogen and oxygen atoms in total. The lowest BCUT2D eigenvalue weighted by Crippen LogP contribution is -2.17. The number of pyridine rings is 3. The summed E-state index contributed by atoms with van der Waals surface area (Å²) in [5, 5.41) is 3.65. The summed E-state index contributed by atoms with van der Waals surface area (Å²) >= 11 is 7.52. The first-order valence-electron chi connectivity index (χ1n) is 11.2. The van der Waals surface area contributed by atoms with Gasteiger partial charge in [-0.25, -0.2) is 18.7 Å². The Labute approximate surface area is 220 Å². The highest BCUT2D eigenvalue weighted by Crippen LogP contribution is 2.35. The van der Waals surface area contributed by atoms with Gasteiger partial charge in [-0.1, -0.05) is 11.6 Å². The summed E-state index contributed by atoms with van der Waals surface area (Å²) in [4.78, 5) is 33.5. The van der Waals surface area contributed by atoms with Gasteiger partial charge < -0.3 is 4.74 Å². The number of hydrogen-bond acceptors (Lipinski definition) is 8. The first-order valence-corrected chi connectivity index (χ1v) is 12.4. The molecule has 0 bridgehead atoms. The van der Waals surface area contributed by atoms with Crippen LogP contribution in [0.5, 0.6) is 5.75 Å². The Hall–Kier alpha value is -3.54. The molecule has 0 saturated carbocycles. The molecule has 12 heteroatoms. The van der Waals surface area contributed by atoms with E-state index in [1.807, 2.05) is 6.92 Å². The number of nitrogens with zero attached hydrogens (tertiary/aromatic N) is 5. The molecular formula is C25H21ClF2N6O2S. The summed E-state index contributed by atoms with van der Waals surface area (Å²) in [7, 11) is 1.52. The standard InChI is InChI=1S/C25H21ClF2N6O2S/c1-13-5-16(17-6-22(26)31-9-20(17)36-2)18(8-29-13)24(35)33-25-32-19-11-34(12-21(19)37-25)10-15-4-3-14(7-30-15)23(27)28/h3-9,23H,10-12H2,1-2H3,(H,32,33,35). The highest BCUT2D eigenvalue weighted by molar-refractivity contribution is 7.15. The molecule has 1 aliphatic heterocycles. The fourth-order valence-electron chi connectivity index (χ4n) is 4.07. The van der Waals surface area contributed by atoms with Crippen molar-refractivity contribution < 1.29 is 18.3 Å². The van der Waals surface area contributed by atoms with Crippen LogP contribution in [0.15, 0.2) is 42.9 Å². The molecule has 1 N–H and O–H groups in total. The Morgan fingerprint density at radius 3 is 2.70 bits per heavy atom. The van der Waals surface area contributed by atoms with Crippen molar-refractivity contribution in [1.82, 2.24) is 24.8 Å². The minimum Gasteiger partial charge on any atom is -0.494 e. The highest BCUT2D eigenvalue weighted by Gasteiger charge is 2.26. The molecule has 0 fully saturated rings. The number of fused-ring (bicyclic) bond motifs is 1. The van der Waals surface area contributed by atoms with Crippen LogP contribution < -0.4 is 10.1 Å². The van der Waals surface area contributed by atoms with E-state index in [9.17, 15) is 13.6 Å². The van der Waals surface area contributed by atoms with Gasteiger partial charge in [-0.15, -0.1) is 11.3 Å². The summed E-state index contributed by atoms with van der Waals surface area (Å²) < 4.78 is 30.9. The summed E-state index contributed by atoms with van der Waals surface area (Å²) in [6, 6.07) is 6.46. The van der Waals surface area contributed by atoms with Gasteiger partial charge in [0.15, 0.2) is 5.13 Å². The molecule has 190 valence electrons. The van der Waals surface area contributed by atoms with Crippen molar-refractivity contribution >= 4 is 34.0 Å². The largest absolute Gasteiger partial charge is 0.494 e. The number of carbonyl (C=O) groups is 1. The number of rotatable bonds is 7. The van der Waals surface area contributed by atoms with E-state index < -0.39 is 6.43 Å². The third kappa shape index (κ3) is 5.43. The number of hydrogen-bond donors (Lipinski definition) is 1. The summed E-state index contributed by atoms with van der Waals surface area (Å²) in [5.74, 6) is 0.126. The van der Waals surface area contributed by atoms with Gasteiger partial charge in [0.1, 0.15) is 10.9 Å². The zero-order valence-electron chi connectivity index (χ0n) is 19.8. The second kappa shape index (κ2) is 10.4. The van der Waals surface area contributed by atoms with Crippen LogP contribution in [0.25, 0.3) is 11.1 Å². The van der Waals surface area contributed by atoms with Gasteiger partial charge in [0.2, 0.25) is 0 Å². The number of ether oxygens (including phenoxy) is 1. The maximum absolute atomic E-state index is 13.3. The van der Waals surface area contributed by atoms with Crippen molar-refractivity contribution in [2.75, 3.05) is 12.4 Å². The summed E-state index contributed by atoms with van der Waals surface area (Å²) in [6.45, 7) is 3.55. The van der Waals surface area contributed by atoms with Crippen molar-refractivity contribution in [2.45, 2.75) is 33.0 Å². The Morgan fingerprint density at radius 2 is 2.00 bits per heavy atom. The van der Waals surface area contributed by atoms with Crippen molar-refractivity contribution in [3.05, 3.63) is 81.1 Å². The lowest BCUT2D eigenvalue weighted by Gasteiger charge is -2.15. The molecule has 5 heterocycles. The predicted molar refractivity (Wildman–Crippen MR) is 136 cm³/mol. The molecule has 37 heavy (non-hydrogen) atoms. The number of amides is 1. The number of halogens is 3. The Morgan fingerprint density at radius 1 is 1.16 bits per heavy atom. The predicted octanol–water partition coefficient (Wildman–Crippen LogP) is 5.67. The van der Waals surface area contributed by atoms with E-state index in [1.54, 1.807) is 18.2 Å². The molecule has 4 aromatic heterocycles. The molecule has 5 rings (SSSR count). The molecule has 1 amide bonds. The fourth-order valence-corrected chi connectivity index (χ4v) is 5.24. The van der Waals surface area contributed by atoms with Gasteiger partial charge in [-0.2, -0.15) is 0 Å². The van der Waals surface area contributed by atoms with Gasteiger partial charge in [-0.05, 0) is 31.2 Å². The number of aromatic nitrogens is 4. The van der Waals surface area contributed by atoms with Crippen LogP contribution in [0, 0.1) is 6.92 Å². The number of alkyl halides is 2. The van der Waals surface area contributed by atoms with Gasteiger partial charge in [0.05, 0.1) is 30.3 Å². The van der Waals surface area contributed by atoms with Crippen LogP contribution in [-0.4, -0.2) is 37.9 Å². The molecule has 0 saturated heterocycles. The number of nitrogens with one attached hydrogen (secondary N) is 1. The topological polar surface area (TPSA) is 93.1 Å². The van der Waals surface area contributed by atoms with E-state index in [0.29, 0.717) is 52.9 Å². The van der Waals surface area contributed by atoms with E-state index >= 15 is 0 Å². The average Bonchev–Trinajstić information content (AvgIpc) is 3.42. The number of thiazole rings is 1. The zero-order valence-corrected chi connectivity index (χ0v) is 21.4. The molecule has 4 aromatic rings. The van der Waals surface area contributed by atoms with Gasteiger partial charge >= 0.3 is 0 Å². The van der Waals surface area contributed by atoms with Crippen LogP contribution in [0.1, 0.15) is 44.3 Å². The number of carbonyl (C=O) groups excluding carboxylic acids is 1. The van der Waals surface area contributed by atoms with E-state index in [2.05, 4.69) is 30.2 Å². The first kappa shape index (κ1) is 25.1. The van der Waals surface area contributed by atoms with Crippen molar-refractivity contribution in [3.8, 4) is 16.9 Å². The monoisotopic (exact) mass is 542 g/mol. The third-order valence-electron chi connectivity index (χ3n) is 5.85. The molecule has 0 spiro atoms. The number of methoxy groups -OCH3 is 1. The Bertz CT molecular complexity index is 1440. The minimum absolute atomic E-state index is 0.0938. The van der Waals surface area contributed by atoms with E-state index in [0.717, 1.165) is 16.3 Å². The Kier molecular flexibility index (Phi) is 7.09. The van der Waals surface area contributed by atoms with E-state index in [1.165, 1.54) is 43.1 Å². The molecule has 0 unspecified atom stereocenters. The number of anilines is 1. The molecule has 1 aliphatic rings. The quantitative estimate of drug-likeness (QED) is 0.301. The molecule has 0 aliphatic carbocycles. The lowest BCUT2D eigenvalue weighted by molar-refractivity contribution is 0.102. The SMILES string of the molecule is COc1cnc(Cl)cc1-c1cc(C)ncc1C(=O)Nc1nc2c(s1)CN(Cc1ccc(C(F)F)cn1)C2. The normalized spacial score (nSPS) is 13.1. The second-order valence-electron chi connectivity index (χ2n) is 8.45. The van der Waals surface area contributed by atoms with Crippen molar-refractivity contribution in [2.24, 2.45) is 0 Å². The van der Waals surface area contributed by atoms with Crippen LogP contribution in [-0.2, 0) is 19.6 Å². The fraction of sp³-hybridized carbons (Fsp3) is 0.240. The van der Waals surface area contributed by atoms with Crippen molar-refractivity contribution in [1.29, 1.82) is 0 Å². The van der Waals surface area contributed by atoms with Crippen LogP contribution in [0.3, 0.4) is 0 Å². The lowest BCUT2D eigenvalue weighted by atomic mass is 10.0. The van der Waals surface area contributed by atoms with Gasteiger partial charge in [0.25, 0.3) is 12.3 Å². The van der Waals surface area contributed by atoms with Crippen LogP contribution in [0.4, 0.5) is 13.9 Å². The third-order valence-corrected chi connectivity index (χ3v) is 7.06. The second-order valence-corrected chi connectivity index (χ2v) is 9.92. The average molecular weight is 543 g/mol. The molecule has 0 radical (unpaired) electrons. The van der Waals surface area contributed by atoms with Gasteiger partial charge in [0, 0.05) is 59.3 Å². The van der Waals surface area contributed by atoms with Crippen molar-refractivity contribution in [3.63, 3.8) is 0 Å². The van der Waals surface area contributed by atoms with E-state index in [-0.39, 0.29) is 16.6 Å². The first-order chi connectivity index (χ1) is 17.8. The molecular weight excluding hydrogens is 522 g/mol. The summed E-state index contributed by atoms with van der Waals surface area (Å²) in [5.41, 5.74) is 3.81. The van der Waals surface area contributed by atoms with E-state index in [4.69, 9.17) is 16.3 Å². The zero-order chi connectivity index (χ0) is 26.1. The Balaban J connectivity index is 1.30. The maximum Gasteiger partial charge on any atom is 0.265 e. The molecule has 0 aromatic carbocycles. The smallest absolute Gasteiger partial charge is 0.265 e.